The summed E-state index contributed by atoms with van der Waals surface area (Å²) in [5.74, 6) is -0.230. The summed E-state index contributed by atoms with van der Waals surface area (Å²) in [4.78, 5) is 24.0. The summed E-state index contributed by atoms with van der Waals surface area (Å²) in [6.45, 7) is 2.40. The number of phenols is 1. The minimum Gasteiger partial charge on any atom is -0.508 e. The number of rotatable bonds is 8. The van der Waals surface area contributed by atoms with Crippen molar-refractivity contribution < 1.29 is 24.2 Å². The number of hydrogen-bond donors (Lipinski definition) is 2. The Balaban J connectivity index is 1.64. The summed E-state index contributed by atoms with van der Waals surface area (Å²) >= 11 is 0. The van der Waals surface area contributed by atoms with Crippen molar-refractivity contribution in [3.8, 4) is 5.75 Å². The normalized spacial score (nSPS) is 24.3. The van der Waals surface area contributed by atoms with Crippen LogP contribution in [0.1, 0.15) is 38.2 Å². The molecule has 0 unspecified atom stereocenters. The van der Waals surface area contributed by atoms with E-state index in [9.17, 15) is 14.7 Å². The molecule has 1 aromatic rings. The van der Waals surface area contributed by atoms with Gasteiger partial charge in [-0.05, 0) is 12.5 Å². The Morgan fingerprint density at radius 1 is 1.32 bits per heavy atom. The summed E-state index contributed by atoms with van der Waals surface area (Å²) < 4.78 is 10.9. The van der Waals surface area contributed by atoms with Crippen LogP contribution in [0.3, 0.4) is 0 Å². The van der Waals surface area contributed by atoms with Crippen LogP contribution in [0.2, 0.25) is 0 Å². The first kappa shape index (κ1) is 17.5. The number of fused-ring (bicyclic) bond motifs is 1. The topological polar surface area (TPSA) is 88.2 Å². The fraction of sp³-hybridized carbons (Fsp3) is 0.474. The Labute approximate surface area is 146 Å². The first-order chi connectivity index (χ1) is 12.1. The number of ketones is 1. The number of para-hydroxylation sites is 1. The third-order valence-electron chi connectivity index (χ3n) is 4.43. The number of carbonyl (C=O) groups is 2. The lowest BCUT2D eigenvalue weighted by atomic mass is 10.00. The highest BCUT2D eigenvalue weighted by atomic mass is 16.6. The van der Waals surface area contributed by atoms with Crippen LogP contribution in [0.15, 0.2) is 36.0 Å². The van der Waals surface area contributed by atoms with Crippen LogP contribution in [0.25, 0.3) is 0 Å². The number of ether oxygens (including phenoxy) is 2. The van der Waals surface area contributed by atoms with Crippen LogP contribution in [-0.2, 0) is 25.6 Å². The quantitative estimate of drug-likeness (QED) is 0.427. The van der Waals surface area contributed by atoms with E-state index in [1.165, 1.54) is 6.08 Å². The van der Waals surface area contributed by atoms with Gasteiger partial charge in [0.2, 0.25) is 0 Å². The second kappa shape index (κ2) is 7.70. The predicted molar refractivity (Wildman–Crippen MR) is 90.7 cm³/mol. The maximum Gasteiger partial charge on any atom is 0.306 e. The van der Waals surface area contributed by atoms with Crippen molar-refractivity contribution in [1.29, 1.82) is 0 Å². The third kappa shape index (κ3) is 4.20. The zero-order chi connectivity index (χ0) is 17.8. The van der Waals surface area contributed by atoms with Gasteiger partial charge in [0.25, 0.3) is 0 Å². The largest absolute Gasteiger partial charge is 0.508 e. The second-order valence-corrected chi connectivity index (χ2v) is 6.37. The van der Waals surface area contributed by atoms with E-state index in [0.717, 1.165) is 19.3 Å². The number of epoxide rings is 1. The number of carbonyl (C=O) groups excluding carboxylic acids is 2. The van der Waals surface area contributed by atoms with E-state index in [4.69, 9.17) is 9.47 Å². The van der Waals surface area contributed by atoms with Crippen LogP contribution in [0.5, 0.6) is 5.75 Å². The summed E-state index contributed by atoms with van der Waals surface area (Å²) in [6.07, 6.45) is 3.12. The predicted octanol–water partition coefficient (Wildman–Crippen LogP) is 2.21. The molecule has 0 spiro atoms. The van der Waals surface area contributed by atoms with E-state index < -0.39 is 18.3 Å². The Morgan fingerprint density at radius 3 is 2.88 bits per heavy atom. The molecule has 134 valence electrons. The van der Waals surface area contributed by atoms with Crippen molar-refractivity contribution in [3.63, 3.8) is 0 Å². The van der Waals surface area contributed by atoms with E-state index in [0.29, 0.717) is 24.2 Å². The minimum atomic E-state index is -0.595. The monoisotopic (exact) mass is 345 g/mol. The molecular formula is C19H23NO5. The van der Waals surface area contributed by atoms with Gasteiger partial charge < -0.3 is 19.9 Å². The van der Waals surface area contributed by atoms with Crippen LogP contribution in [0.4, 0.5) is 0 Å². The molecule has 0 radical (unpaired) electrons. The number of unbranched alkanes of at least 4 members (excludes halogenated alkanes) is 2. The van der Waals surface area contributed by atoms with E-state index in [1.54, 1.807) is 18.2 Å². The molecule has 25 heavy (non-hydrogen) atoms. The molecular weight excluding hydrogens is 322 g/mol. The maximum atomic E-state index is 12.0. The number of benzene rings is 1. The van der Waals surface area contributed by atoms with Gasteiger partial charge in [-0.2, -0.15) is 0 Å². The van der Waals surface area contributed by atoms with Gasteiger partial charge in [-0.25, -0.2) is 0 Å². The summed E-state index contributed by atoms with van der Waals surface area (Å²) in [7, 11) is 0. The number of esters is 1. The van der Waals surface area contributed by atoms with Crippen LogP contribution < -0.4 is 5.32 Å². The molecule has 0 amide bonds. The van der Waals surface area contributed by atoms with Gasteiger partial charge in [0.05, 0.1) is 5.70 Å². The Hall–Kier alpha value is -2.34. The molecule has 1 fully saturated rings. The highest BCUT2D eigenvalue weighted by molar-refractivity contribution is 5.98. The molecule has 2 N–H and O–H groups in total. The first-order valence-electron chi connectivity index (χ1n) is 8.71. The molecule has 1 aromatic carbocycles. The minimum absolute atomic E-state index is 0.122. The van der Waals surface area contributed by atoms with Gasteiger partial charge >= 0.3 is 5.97 Å². The molecule has 6 nitrogen and oxygen atoms in total. The van der Waals surface area contributed by atoms with Crippen molar-refractivity contribution in [2.75, 3.05) is 0 Å². The molecule has 6 heteroatoms. The standard InChI is InChI=1S/C19H23NO5/c1-2-3-4-9-16(23)24-17-13(10-15(22)18-19(17)25-18)20-11-12-7-5-6-8-14(12)21/h5-8,10,17-21H,2-4,9,11H2,1H3/t17-,18+,19-/m1/s1. The molecule has 1 aliphatic carbocycles. The molecule has 1 saturated heterocycles. The van der Waals surface area contributed by atoms with E-state index >= 15 is 0 Å². The van der Waals surface area contributed by atoms with Gasteiger partial charge in [0.15, 0.2) is 18.0 Å². The van der Waals surface area contributed by atoms with Crippen molar-refractivity contribution in [2.24, 2.45) is 0 Å². The fourth-order valence-corrected chi connectivity index (χ4v) is 2.94. The van der Waals surface area contributed by atoms with Gasteiger partial charge in [-0.3, -0.25) is 9.59 Å². The molecule has 1 aliphatic heterocycles. The molecule has 0 aromatic heterocycles. The first-order valence-corrected chi connectivity index (χ1v) is 8.71. The molecule has 0 bridgehead atoms. The van der Waals surface area contributed by atoms with Gasteiger partial charge in [0.1, 0.15) is 11.9 Å². The highest BCUT2D eigenvalue weighted by Crippen LogP contribution is 2.36. The Kier molecular flexibility index (Phi) is 5.38. The van der Waals surface area contributed by atoms with Crippen LogP contribution >= 0.6 is 0 Å². The third-order valence-corrected chi connectivity index (χ3v) is 4.43. The van der Waals surface area contributed by atoms with Gasteiger partial charge in [-0.15, -0.1) is 0 Å². The summed E-state index contributed by atoms with van der Waals surface area (Å²) in [5.41, 5.74) is 1.22. The lowest BCUT2D eigenvalue weighted by Gasteiger charge is -2.23. The van der Waals surface area contributed by atoms with Crippen LogP contribution in [-0.4, -0.2) is 35.2 Å². The number of nitrogens with one attached hydrogen (secondary N) is 1. The lowest BCUT2D eigenvalue weighted by molar-refractivity contribution is -0.148. The highest BCUT2D eigenvalue weighted by Gasteiger charge is 2.55. The van der Waals surface area contributed by atoms with Crippen molar-refractivity contribution >= 4 is 11.8 Å². The van der Waals surface area contributed by atoms with Crippen LogP contribution in [0, 0.1) is 0 Å². The van der Waals surface area contributed by atoms with Crippen molar-refractivity contribution in [3.05, 3.63) is 41.6 Å². The number of phenolic OH excluding ortho intramolecular Hbond substituents is 1. The number of aromatic hydroxyl groups is 1. The van der Waals surface area contributed by atoms with E-state index in [-0.39, 0.29) is 17.5 Å². The average molecular weight is 345 g/mol. The molecule has 3 rings (SSSR count). The molecule has 0 saturated carbocycles. The molecule has 1 heterocycles. The smallest absolute Gasteiger partial charge is 0.306 e. The van der Waals surface area contributed by atoms with Crippen molar-refractivity contribution in [1.82, 2.24) is 5.32 Å². The van der Waals surface area contributed by atoms with Crippen molar-refractivity contribution in [2.45, 2.75) is 57.5 Å². The zero-order valence-corrected chi connectivity index (χ0v) is 14.2. The Bertz CT molecular complexity index is 684. The lowest BCUT2D eigenvalue weighted by Crippen LogP contribution is -2.38. The van der Waals surface area contributed by atoms with Gasteiger partial charge in [0, 0.05) is 24.6 Å². The van der Waals surface area contributed by atoms with E-state index in [2.05, 4.69) is 12.2 Å². The van der Waals surface area contributed by atoms with Gasteiger partial charge in [-0.1, -0.05) is 38.0 Å². The second-order valence-electron chi connectivity index (χ2n) is 6.37. The zero-order valence-electron chi connectivity index (χ0n) is 14.2. The Morgan fingerprint density at radius 2 is 2.12 bits per heavy atom. The number of hydrogen-bond acceptors (Lipinski definition) is 6. The molecule has 3 atom stereocenters. The summed E-state index contributed by atoms with van der Waals surface area (Å²) in [5, 5.41) is 13.0. The van der Waals surface area contributed by atoms with E-state index in [1.807, 2.05) is 6.07 Å². The maximum absolute atomic E-state index is 12.0. The average Bonchev–Trinajstić information content (AvgIpc) is 3.39. The SMILES string of the molecule is CCCCCC(=O)O[C@@H]1C(NCc2ccccc2O)=CC(=O)[C@@H]2O[C@H]12. The summed E-state index contributed by atoms with van der Waals surface area (Å²) in [6, 6.07) is 6.95. The molecule has 2 aliphatic rings. The fourth-order valence-electron chi connectivity index (χ4n) is 2.94.